The summed E-state index contributed by atoms with van der Waals surface area (Å²) in [6, 6.07) is 13.9. The molecule has 10 nitrogen and oxygen atoms in total. The number of halogens is 2. The Bertz CT molecular complexity index is 1460. The molecule has 3 aromatic carbocycles. The summed E-state index contributed by atoms with van der Waals surface area (Å²) in [5.74, 6) is -1.37. The monoisotopic (exact) mass is 541 g/mol. The number of nitro benzene ring substituents is 1. The molecule has 4 amide bonds. The van der Waals surface area contributed by atoms with Crippen LogP contribution in [0.4, 0.5) is 16.2 Å². The largest absolute Gasteiger partial charge is 0.493 e. The van der Waals surface area contributed by atoms with Gasteiger partial charge >= 0.3 is 6.03 Å². The highest BCUT2D eigenvalue weighted by atomic mass is 35.5. The fourth-order valence-electron chi connectivity index (χ4n) is 3.51. The summed E-state index contributed by atoms with van der Waals surface area (Å²) >= 11 is 12.6. The van der Waals surface area contributed by atoms with Gasteiger partial charge in [-0.15, -0.1) is 0 Å². The summed E-state index contributed by atoms with van der Waals surface area (Å²) in [6.45, 7) is 0.114. The summed E-state index contributed by atoms with van der Waals surface area (Å²) in [5, 5.41) is 13.7. The average molecular weight is 542 g/mol. The Labute approximate surface area is 220 Å². The van der Waals surface area contributed by atoms with Crippen molar-refractivity contribution in [3.05, 3.63) is 97.5 Å². The first-order valence-corrected chi connectivity index (χ1v) is 11.3. The van der Waals surface area contributed by atoms with E-state index in [-0.39, 0.29) is 40.1 Å². The van der Waals surface area contributed by atoms with Gasteiger partial charge in [-0.25, -0.2) is 9.69 Å². The van der Waals surface area contributed by atoms with Crippen LogP contribution in [0.25, 0.3) is 6.08 Å². The van der Waals surface area contributed by atoms with Gasteiger partial charge in [0.05, 0.1) is 22.7 Å². The number of nitrogens with zero attached hydrogens (tertiary/aromatic N) is 2. The van der Waals surface area contributed by atoms with Crippen molar-refractivity contribution in [2.45, 2.75) is 6.61 Å². The molecule has 1 fully saturated rings. The fraction of sp³-hybridized carbons (Fsp3) is 0.0800. The number of non-ortho nitro benzene ring substituents is 1. The summed E-state index contributed by atoms with van der Waals surface area (Å²) in [5.41, 5.74) is 0.516. The van der Waals surface area contributed by atoms with Crippen LogP contribution >= 0.6 is 23.2 Å². The Hall–Kier alpha value is -4.41. The van der Waals surface area contributed by atoms with Gasteiger partial charge in [-0.2, -0.15) is 0 Å². The second-order valence-corrected chi connectivity index (χ2v) is 8.46. The van der Waals surface area contributed by atoms with Crippen LogP contribution in [-0.2, 0) is 16.2 Å². The summed E-state index contributed by atoms with van der Waals surface area (Å²) in [4.78, 5) is 49.0. The molecule has 3 aromatic rings. The van der Waals surface area contributed by atoms with Gasteiger partial charge in [-0.3, -0.25) is 25.0 Å². The van der Waals surface area contributed by atoms with Gasteiger partial charge in [0.2, 0.25) is 0 Å². The lowest BCUT2D eigenvalue weighted by atomic mass is 10.1. The number of nitro groups is 1. The molecule has 12 heteroatoms. The normalized spacial score (nSPS) is 14.5. The quantitative estimate of drug-likeness (QED) is 0.189. The Morgan fingerprint density at radius 3 is 2.38 bits per heavy atom. The van der Waals surface area contributed by atoms with Crippen molar-refractivity contribution >= 4 is 58.5 Å². The molecule has 0 aliphatic carbocycles. The van der Waals surface area contributed by atoms with Crippen molar-refractivity contribution in [1.82, 2.24) is 5.32 Å². The minimum atomic E-state index is -0.986. The van der Waals surface area contributed by atoms with E-state index in [1.54, 1.807) is 18.2 Å². The average Bonchev–Trinajstić information content (AvgIpc) is 2.86. The Kier molecular flexibility index (Phi) is 7.42. The Balaban J connectivity index is 1.64. The molecule has 1 saturated heterocycles. The number of carbonyl (C=O) groups excluding carboxylic acids is 3. The van der Waals surface area contributed by atoms with Crippen LogP contribution in [0.3, 0.4) is 0 Å². The highest BCUT2D eigenvalue weighted by Crippen LogP contribution is 2.38. The van der Waals surface area contributed by atoms with Gasteiger partial charge in [-0.1, -0.05) is 41.4 Å². The molecule has 0 atom stereocenters. The molecular weight excluding hydrogens is 525 g/mol. The number of ether oxygens (including phenoxy) is 2. The summed E-state index contributed by atoms with van der Waals surface area (Å²) in [6.07, 6.45) is 1.24. The zero-order valence-corrected chi connectivity index (χ0v) is 20.6. The van der Waals surface area contributed by atoms with Gasteiger partial charge in [0, 0.05) is 22.7 Å². The molecule has 0 aromatic heterocycles. The van der Waals surface area contributed by atoms with Crippen LogP contribution in [0.2, 0.25) is 10.0 Å². The van der Waals surface area contributed by atoms with E-state index in [0.29, 0.717) is 15.5 Å². The van der Waals surface area contributed by atoms with Gasteiger partial charge in [0.25, 0.3) is 17.5 Å². The number of hydrogen-bond donors (Lipinski definition) is 1. The second kappa shape index (κ2) is 10.7. The summed E-state index contributed by atoms with van der Waals surface area (Å²) in [7, 11) is 1.40. The molecule has 1 aliphatic rings. The van der Waals surface area contributed by atoms with Crippen molar-refractivity contribution in [2.24, 2.45) is 0 Å². The first kappa shape index (κ1) is 25.7. The van der Waals surface area contributed by atoms with E-state index in [2.05, 4.69) is 5.32 Å². The van der Waals surface area contributed by atoms with Crippen LogP contribution in [0.1, 0.15) is 11.1 Å². The molecule has 1 N–H and O–H groups in total. The molecule has 0 spiro atoms. The molecular formula is C25H17Cl2N3O7. The molecule has 37 heavy (non-hydrogen) atoms. The zero-order valence-electron chi connectivity index (χ0n) is 19.1. The highest BCUT2D eigenvalue weighted by molar-refractivity contribution is 6.39. The van der Waals surface area contributed by atoms with Crippen molar-refractivity contribution in [2.75, 3.05) is 12.0 Å². The maximum Gasteiger partial charge on any atom is 0.335 e. The fourth-order valence-corrected chi connectivity index (χ4v) is 3.97. The predicted molar refractivity (Wildman–Crippen MR) is 136 cm³/mol. The lowest BCUT2D eigenvalue weighted by molar-refractivity contribution is -0.384. The van der Waals surface area contributed by atoms with Crippen LogP contribution in [-0.4, -0.2) is 29.9 Å². The molecule has 0 saturated carbocycles. The number of benzene rings is 3. The highest BCUT2D eigenvalue weighted by Gasteiger charge is 2.37. The van der Waals surface area contributed by atoms with Crippen LogP contribution in [0.15, 0.2) is 66.2 Å². The number of anilines is 1. The first-order valence-electron chi connectivity index (χ1n) is 10.6. The maximum atomic E-state index is 13.1. The first-order chi connectivity index (χ1) is 17.7. The molecule has 4 rings (SSSR count). The number of rotatable bonds is 7. The number of nitrogens with one attached hydrogen (secondary N) is 1. The third-order valence-electron chi connectivity index (χ3n) is 5.31. The van der Waals surface area contributed by atoms with Gasteiger partial charge in [0.15, 0.2) is 11.5 Å². The van der Waals surface area contributed by atoms with Gasteiger partial charge < -0.3 is 9.47 Å². The van der Waals surface area contributed by atoms with Crippen molar-refractivity contribution < 1.29 is 28.8 Å². The van der Waals surface area contributed by atoms with E-state index in [1.165, 1.54) is 37.5 Å². The third kappa shape index (κ3) is 5.40. The smallest absolute Gasteiger partial charge is 0.335 e. The Morgan fingerprint density at radius 1 is 1.03 bits per heavy atom. The van der Waals surface area contributed by atoms with Crippen molar-refractivity contribution in [3.63, 3.8) is 0 Å². The minimum absolute atomic E-state index is 0.0467. The van der Waals surface area contributed by atoms with Crippen molar-refractivity contribution in [1.29, 1.82) is 0 Å². The molecule has 0 unspecified atom stereocenters. The van der Waals surface area contributed by atoms with E-state index in [9.17, 15) is 24.5 Å². The Morgan fingerprint density at radius 2 is 1.73 bits per heavy atom. The standard InChI is InChI=1S/C25H17Cl2N3O7/c1-36-21-12-14(11-20(27)22(21)37-13-15-4-2-3-5-19(15)26)10-18-23(31)28-25(33)29(24(18)32)16-6-8-17(9-7-16)30(34)35/h2-12H,13H2,1H3,(H,28,31,33)/b18-10+. The maximum absolute atomic E-state index is 13.1. The molecule has 188 valence electrons. The lowest BCUT2D eigenvalue weighted by Crippen LogP contribution is -2.54. The number of barbiturate groups is 1. The summed E-state index contributed by atoms with van der Waals surface area (Å²) < 4.78 is 11.2. The second-order valence-electron chi connectivity index (χ2n) is 7.65. The number of hydrogen-bond acceptors (Lipinski definition) is 7. The van der Waals surface area contributed by atoms with Gasteiger partial charge in [0.1, 0.15) is 12.2 Å². The molecule has 1 aliphatic heterocycles. The number of methoxy groups -OCH3 is 1. The molecule has 1 heterocycles. The molecule has 0 radical (unpaired) electrons. The van der Waals surface area contributed by atoms with Gasteiger partial charge in [-0.05, 0) is 42.0 Å². The van der Waals surface area contributed by atoms with Crippen LogP contribution < -0.4 is 19.7 Å². The van der Waals surface area contributed by atoms with E-state index in [4.69, 9.17) is 32.7 Å². The van der Waals surface area contributed by atoms with E-state index in [0.717, 1.165) is 17.7 Å². The SMILES string of the molecule is COc1cc(/C=C2\C(=O)NC(=O)N(c3ccc([N+](=O)[O-])cc3)C2=O)cc(Cl)c1OCc1ccccc1Cl. The number of carbonyl (C=O) groups is 3. The minimum Gasteiger partial charge on any atom is -0.493 e. The number of imide groups is 2. The third-order valence-corrected chi connectivity index (χ3v) is 5.96. The number of urea groups is 1. The molecule has 0 bridgehead atoms. The lowest BCUT2D eigenvalue weighted by Gasteiger charge is -2.26. The van der Waals surface area contributed by atoms with E-state index in [1.807, 2.05) is 6.07 Å². The zero-order chi connectivity index (χ0) is 26.7. The van der Waals surface area contributed by atoms with Crippen molar-refractivity contribution in [3.8, 4) is 11.5 Å². The topological polar surface area (TPSA) is 128 Å². The predicted octanol–water partition coefficient (Wildman–Crippen LogP) is 5.16. The van der Waals surface area contributed by atoms with Crippen LogP contribution in [0.5, 0.6) is 11.5 Å². The van der Waals surface area contributed by atoms with E-state index >= 15 is 0 Å². The van der Waals surface area contributed by atoms with E-state index < -0.39 is 22.8 Å². The van der Waals surface area contributed by atoms with Crippen LogP contribution in [0, 0.1) is 10.1 Å². The number of amides is 4.